The van der Waals surface area contributed by atoms with Crippen LogP contribution in [0.25, 0.3) is 0 Å². The van der Waals surface area contributed by atoms with Crippen molar-refractivity contribution in [2.45, 2.75) is 12.5 Å². The summed E-state index contributed by atoms with van der Waals surface area (Å²) in [5.41, 5.74) is 3.74. The van der Waals surface area contributed by atoms with Gasteiger partial charge in [-0.3, -0.25) is 11.3 Å². The molecule has 1 aromatic carbocycles. The maximum Gasteiger partial charge on any atom is 0.0526 e. The van der Waals surface area contributed by atoms with Gasteiger partial charge in [-0.25, -0.2) is 0 Å². The van der Waals surface area contributed by atoms with Crippen molar-refractivity contribution < 1.29 is 4.74 Å². The molecule has 2 atom stereocenters. The first-order valence-electron chi connectivity index (χ1n) is 5.21. The van der Waals surface area contributed by atoms with Gasteiger partial charge in [-0.1, -0.05) is 23.2 Å². The Morgan fingerprint density at radius 1 is 1.44 bits per heavy atom. The second kappa shape index (κ2) is 5.34. The van der Waals surface area contributed by atoms with Gasteiger partial charge in [0.2, 0.25) is 0 Å². The molecular formula is C11H14Cl2N2O. The monoisotopic (exact) mass is 260 g/mol. The third-order valence-electron chi connectivity index (χ3n) is 2.91. The summed E-state index contributed by atoms with van der Waals surface area (Å²) in [4.78, 5) is 0. The lowest BCUT2D eigenvalue weighted by Crippen LogP contribution is -2.34. The zero-order valence-electron chi connectivity index (χ0n) is 8.75. The van der Waals surface area contributed by atoms with Gasteiger partial charge >= 0.3 is 0 Å². The van der Waals surface area contributed by atoms with E-state index in [0.29, 0.717) is 22.6 Å². The third kappa shape index (κ3) is 2.50. The van der Waals surface area contributed by atoms with Gasteiger partial charge in [-0.15, -0.1) is 0 Å². The molecule has 2 rings (SSSR count). The zero-order valence-corrected chi connectivity index (χ0v) is 10.3. The molecule has 0 bridgehead atoms. The van der Waals surface area contributed by atoms with E-state index in [1.807, 2.05) is 6.07 Å². The highest BCUT2D eigenvalue weighted by Gasteiger charge is 2.27. The van der Waals surface area contributed by atoms with Gasteiger partial charge in [0, 0.05) is 22.6 Å². The molecular weight excluding hydrogens is 247 g/mol. The molecule has 3 nitrogen and oxygen atoms in total. The third-order valence-corrected chi connectivity index (χ3v) is 3.49. The number of hydrogen-bond acceptors (Lipinski definition) is 3. The highest BCUT2D eigenvalue weighted by molar-refractivity contribution is 6.33. The van der Waals surface area contributed by atoms with Crippen molar-refractivity contribution in [2.75, 3.05) is 13.2 Å². The fourth-order valence-corrected chi connectivity index (χ4v) is 2.46. The fourth-order valence-electron chi connectivity index (χ4n) is 2.05. The van der Waals surface area contributed by atoms with Gasteiger partial charge in [0.1, 0.15) is 0 Å². The minimum absolute atomic E-state index is 0.00583. The molecule has 3 N–H and O–H groups in total. The van der Waals surface area contributed by atoms with Crippen molar-refractivity contribution in [1.82, 2.24) is 5.43 Å². The zero-order chi connectivity index (χ0) is 11.5. The van der Waals surface area contributed by atoms with E-state index < -0.39 is 0 Å². The quantitative estimate of drug-likeness (QED) is 0.649. The summed E-state index contributed by atoms with van der Waals surface area (Å²) < 4.78 is 5.36. The van der Waals surface area contributed by atoms with Crippen LogP contribution < -0.4 is 11.3 Å². The van der Waals surface area contributed by atoms with Crippen LogP contribution in [0.5, 0.6) is 0 Å². The molecule has 16 heavy (non-hydrogen) atoms. The number of benzene rings is 1. The topological polar surface area (TPSA) is 47.3 Å². The van der Waals surface area contributed by atoms with Crippen LogP contribution in [0, 0.1) is 5.92 Å². The molecule has 0 aliphatic carbocycles. The summed E-state index contributed by atoms with van der Waals surface area (Å²) >= 11 is 12.1. The van der Waals surface area contributed by atoms with Gasteiger partial charge in [0.25, 0.3) is 0 Å². The van der Waals surface area contributed by atoms with Gasteiger partial charge in [-0.05, 0) is 30.2 Å². The number of rotatable bonds is 3. The van der Waals surface area contributed by atoms with Crippen molar-refractivity contribution in [3.63, 3.8) is 0 Å². The number of hydrazine groups is 1. The molecule has 0 saturated carbocycles. The summed E-state index contributed by atoms with van der Waals surface area (Å²) in [6.45, 7) is 1.48. The lowest BCUT2D eigenvalue weighted by atomic mass is 9.93. The average molecular weight is 261 g/mol. The Balaban J connectivity index is 2.28. The van der Waals surface area contributed by atoms with Gasteiger partial charge in [-0.2, -0.15) is 0 Å². The maximum atomic E-state index is 6.15. The minimum Gasteiger partial charge on any atom is -0.381 e. The Bertz CT molecular complexity index is 367. The molecule has 1 saturated heterocycles. The molecule has 1 aliphatic heterocycles. The van der Waals surface area contributed by atoms with Crippen LogP contribution in [0.1, 0.15) is 18.0 Å². The minimum atomic E-state index is -0.00583. The molecule has 0 radical (unpaired) electrons. The van der Waals surface area contributed by atoms with E-state index in [4.69, 9.17) is 33.8 Å². The van der Waals surface area contributed by atoms with E-state index in [9.17, 15) is 0 Å². The molecule has 0 aromatic heterocycles. The molecule has 5 heteroatoms. The van der Waals surface area contributed by atoms with E-state index in [-0.39, 0.29) is 6.04 Å². The van der Waals surface area contributed by atoms with Crippen LogP contribution in [0.4, 0.5) is 0 Å². The fraction of sp³-hybridized carbons (Fsp3) is 0.455. The van der Waals surface area contributed by atoms with Gasteiger partial charge < -0.3 is 4.74 Å². The van der Waals surface area contributed by atoms with E-state index in [1.54, 1.807) is 12.1 Å². The summed E-state index contributed by atoms with van der Waals surface area (Å²) in [6, 6.07) is 5.41. The van der Waals surface area contributed by atoms with Crippen molar-refractivity contribution >= 4 is 23.2 Å². The SMILES string of the molecule is NNC(c1cc(Cl)ccc1Cl)C1CCOC1. The van der Waals surface area contributed by atoms with Gasteiger partial charge in [0.05, 0.1) is 12.6 Å². The Morgan fingerprint density at radius 3 is 2.88 bits per heavy atom. The molecule has 1 aromatic rings. The maximum absolute atomic E-state index is 6.15. The molecule has 1 heterocycles. The lowest BCUT2D eigenvalue weighted by Gasteiger charge is -2.23. The highest BCUT2D eigenvalue weighted by Crippen LogP contribution is 2.33. The lowest BCUT2D eigenvalue weighted by molar-refractivity contribution is 0.177. The Kier molecular flexibility index (Phi) is 4.05. The molecule has 2 unspecified atom stereocenters. The van der Waals surface area contributed by atoms with Crippen LogP contribution in [-0.2, 0) is 4.74 Å². The van der Waals surface area contributed by atoms with Crippen LogP contribution in [0.3, 0.4) is 0 Å². The molecule has 1 fully saturated rings. The molecule has 0 spiro atoms. The number of nitrogens with two attached hydrogens (primary N) is 1. The second-order valence-electron chi connectivity index (χ2n) is 3.93. The first-order valence-corrected chi connectivity index (χ1v) is 5.97. The van der Waals surface area contributed by atoms with Crippen LogP contribution in [0.2, 0.25) is 10.0 Å². The molecule has 1 aliphatic rings. The van der Waals surface area contributed by atoms with Crippen molar-refractivity contribution in [1.29, 1.82) is 0 Å². The van der Waals surface area contributed by atoms with Crippen molar-refractivity contribution in [3.8, 4) is 0 Å². The Hall–Kier alpha value is -0.320. The number of hydrogen-bond donors (Lipinski definition) is 2. The van der Waals surface area contributed by atoms with Crippen molar-refractivity contribution in [2.24, 2.45) is 11.8 Å². The molecule has 88 valence electrons. The predicted octanol–water partition coefficient (Wildman–Crippen LogP) is 2.53. The summed E-state index contributed by atoms with van der Waals surface area (Å²) in [7, 11) is 0. The van der Waals surface area contributed by atoms with Crippen LogP contribution in [-0.4, -0.2) is 13.2 Å². The summed E-state index contributed by atoms with van der Waals surface area (Å²) in [5.74, 6) is 5.94. The first kappa shape index (κ1) is 12.1. The summed E-state index contributed by atoms with van der Waals surface area (Å²) in [5, 5.41) is 1.35. The standard InChI is InChI=1S/C11H14Cl2N2O/c12-8-1-2-10(13)9(5-8)11(15-14)7-3-4-16-6-7/h1-2,5,7,11,15H,3-4,6,14H2. The predicted molar refractivity (Wildman–Crippen MR) is 65.5 cm³/mol. The highest BCUT2D eigenvalue weighted by atomic mass is 35.5. The van der Waals surface area contributed by atoms with E-state index in [1.165, 1.54) is 0 Å². The normalized spacial score (nSPS) is 22.3. The Morgan fingerprint density at radius 2 is 2.25 bits per heavy atom. The van der Waals surface area contributed by atoms with Gasteiger partial charge in [0.15, 0.2) is 0 Å². The first-order chi connectivity index (χ1) is 7.72. The average Bonchev–Trinajstić information content (AvgIpc) is 2.78. The van der Waals surface area contributed by atoms with Crippen LogP contribution in [0.15, 0.2) is 18.2 Å². The summed E-state index contributed by atoms with van der Waals surface area (Å²) in [6.07, 6.45) is 0.984. The molecule has 0 amide bonds. The van der Waals surface area contributed by atoms with E-state index in [0.717, 1.165) is 18.6 Å². The number of ether oxygens (including phenoxy) is 1. The van der Waals surface area contributed by atoms with E-state index >= 15 is 0 Å². The van der Waals surface area contributed by atoms with E-state index in [2.05, 4.69) is 5.43 Å². The Labute approximate surface area is 105 Å². The number of nitrogens with one attached hydrogen (secondary N) is 1. The van der Waals surface area contributed by atoms with Crippen molar-refractivity contribution in [3.05, 3.63) is 33.8 Å². The largest absolute Gasteiger partial charge is 0.381 e. The number of halogens is 2. The van der Waals surface area contributed by atoms with Crippen LogP contribution >= 0.6 is 23.2 Å². The second-order valence-corrected chi connectivity index (χ2v) is 4.78. The smallest absolute Gasteiger partial charge is 0.0526 e.